The number of hydrogen-bond donors (Lipinski definition) is 1. The normalized spacial score (nSPS) is 16.9. The maximum atomic E-state index is 12.7. The Kier molecular flexibility index (Phi) is 5.35. The van der Waals surface area contributed by atoms with Crippen molar-refractivity contribution >= 4 is 27.2 Å². The first-order valence-electron chi connectivity index (χ1n) is 7.23. The van der Waals surface area contributed by atoms with Gasteiger partial charge in [0.15, 0.2) is 0 Å². The third-order valence-electron chi connectivity index (χ3n) is 3.72. The van der Waals surface area contributed by atoms with E-state index < -0.39 is 10.0 Å². The minimum atomic E-state index is -3.28. The highest BCUT2D eigenvalue weighted by Crippen LogP contribution is 2.31. The summed E-state index contributed by atoms with van der Waals surface area (Å²) in [4.78, 5) is 0.368. The molecule has 0 radical (unpaired) electrons. The van der Waals surface area contributed by atoms with Crippen LogP contribution >= 0.6 is 12.2 Å². The molecule has 0 spiro atoms. The number of benzene rings is 1. The van der Waals surface area contributed by atoms with Gasteiger partial charge in [-0.1, -0.05) is 49.5 Å². The zero-order chi connectivity index (χ0) is 15.5. The molecule has 1 saturated carbocycles. The molecule has 1 fully saturated rings. The summed E-state index contributed by atoms with van der Waals surface area (Å²) in [6.45, 7) is 2.36. The van der Waals surface area contributed by atoms with Crippen LogP contribution in [0.4, 0.5) is 0 Å². The lowest BCUT2D eigenvalue weighted by Gasteiger charge is -2.23. The number of nitrogens with two attached hydrogens (primary N) is 1. The monoisotopic (exact) mass is 326 g/mol. The average Bonchev–Trinajstić information content (AvgIpc) is 3.23. The van der Waals surface area contributed by atoms with Gasteiger partial charge in [-0.15, -0.1) is 0 Å². The molecule has 21 heavy (non-hydrogen) atoms. The van der Waals surface area contributed by atoms with Gasteiger partial charge >= 0.3 is 0 Å². The van der Waals surface area contributed by atoms with Gasteiger partial charge in [-0.05, 0) is 24.3 Å². The quantitative estimate of drug-likeness (QED) is 0.744. The minimum absolute atomic E-state index is 0.0257. The first kappa shape index (κ1) is 16.4. The van der Waals surface area contributed by atoms with Gasteiger partial charge < -0.3 is 5.73 Å². The van der Waals surface area contributed by atoms with Gasteiger partial charge in [-0.25, -0.2) is 8.42 Å². The number of rotatable bonds is 8. The van der Waals surface area contributed by atoms with E-state index in [1.165, 1.54) is 0 Å². The number of thiocarbonyl (C=S) groups is 1. The fourth-order valence-corrected chi connectivity index (χ4v) is 4.56. The molecule has 0 saturated heterocycles. The molecule has 2 rings (SSSR count). The van der Waals surface area contributed by atoms with Crippen LogP contribution < -0.4 is 5.73 Å². The largest absolute Gasteiger partial charge is 0.393 e. The second kappa shape index (κ2) is 6.85. The van der Waals surface area contributed by atoms with Gasteiger partial charge in [-0.2, -0.15) is 4.31 Å². The van der Waals surface area contributed by atoms with E-state index in [-0.39, 0.29) is 17.7 Å². The van der Waals surface area contributed by atoms with Crippen molar-refractivity contribution < 1.29 is 8.42 Å². The highest BCUT2D eigenvalue weighted by Gasteiger charge is 2.37. The molecule has 1 atom stereocenters. The summed E-state index contributed by atoms with van der Waals surface area (Å²) in [5, 5.41) is 0. The van der Waals surface area contributed by atoms with Gasteiger partial charge in [-0.3, -0.25) is 0 Å². The third-order valence-corrected chi connectivity index (χ3v) is 6.04. The van der Waals surface area contributed by atoms with Gasteiger partial charge in [0.1, 0.15) is 0 Å². The Labute approximate surface area is 132 Å². The SMILES string of the molecule is CC(CS(=O)(=O)N(CCC(N)=S)C1CC1)c1ccccc1. The van der Waals surface area contributed by atoms with E-state index in [9.17, 15) is 8.42 Å². The summed E-state index contributed by atoms with van der Waals surface area (Å²) >= 11 is 4.86. The predicted octanol–water partition coefficient (Wildman–Crippen LogP) is 2.26. The molecule has 2 N–H and O–H groups in total. The van der Waals surface area contributed by atoms with E-state index in [1.807, 2.05) is 37.3 Å². The van der Waals surface area contributed by atoms with Gasteiger partial charge in [0.2, 0.25) is 10.0 Å². The van der Waals surface area contributed by atoms with Crippen molar-refractivity contribution in [3.63, 3.8) is 0 Å². The molecule has 0 aliphatic heterocycles. The van der Waals surface area contributed by atoms with Crippen LogP contribution in [0.3, 0.4) is 0 Å². The fourth-order valence-electron chi connectivity index (χ4n) is 2.42. The molecule has 0 bridgehead atoms. The molecule has 6 heteroatoms. The van der Waals surface area contributed by atoms with Crippen molar-refractivity contribution in [2.45, 2.75) is 38.1 Å². The van der Waals surface area contributed by atoms with E-state index in [1.54, 1.807) is 4.31 Å². The summed E-state index contributed by atoms with van der Waals surface area (Å²) in [5.74, 6) is 0.104. The fraction of sp³-hybridized carbons (Fsp3) is 0.533. The van der Waals surface area contributed by atoms with Crippen LogP contribution in [0.2, 0.25) is 0 Å². The Morgan fingerprint density at radius 3 is 2.52 bits per heavy atom. The molecular weight excluding hydrogens is 304 g/mol. The summed E-state index contributed by atoms with van der Waals surface area (Å²) < 4.78 is 26.9. The molecule has 0 amide bonds. The van der Waals surface area contributed by atoms with Crippen LogP contribution in [0.5, 0.6) is 0 Å². The lowest BCUT2D eigenvalue weighted by atomic mass is 10.0. The molecular formula is C15H22N2O2S2. The van der Waals surface area contributed by atoms with Crippen molar-refractivity contribution in [1.82, 2.24) is 4.31 Å². The average molecular weight is 326 g/mol. The molecule has 116 valence electrons. The molecule has 0 heterocycles. The molecule has 1 aromatic rings. The summed E-state index contributed by atoms with van der Waals surface area (Å²) in [5.41, 5.74) is 6.55. The summed E-state index contributed by atoms with van der Waals surface area (Å²) in [6, 6.07) is 9.89. The molecule has 1 aliphatic carbocycles. The molecule has 4 nitrogen and oxygen atoms in total. The minimum Gasteiger partial charge on any atom is -0.393 e. The van der Waals surface area contributed by atoms with Gasteiger partial charge in [0.25, 0.3) is 0 Å². The lowest BCUT2D eigenvalue weighted by molar-refractivity contribution is 0.411. The molecule has 1 unspecified atom stereocenters. The van der Waals surface area contributed by atoms with Gasteiger partial charge in [0, 0.05) is 19.0 Å². The standard InChI is InChI=1S/C15H22N2O2S2/c1-12(13-5-3-2-4-6-13)11-21(18,19)17(14-7-8-14)10-9-15(16)20/h2-6,12,14H,7-11H2,1H3,(H2,16,20). The van der Waals surface area contributed by atoms with Crippen LogP contribution in [0.25, 0.3) is 0 Å². The van der Waals surface area contributed by atoms with Crippen molar-refractivity contribution in [3.8, 4) is 0 Å². The first-order valence-corrected chi connectivity index (χ1v) is 9.24. The molecule has 1 aliphatic rings. The Bertz CT molecular complexity index is 583. The predicted molar refractivity (Wildman–Crippen MR) is 89.8 cm³/mol. The van der Waals surface area contributed by atoms with E-state index in [4.69, 9.17) is 18.0 Å². The maximum Gasteiger partial charge on any atom is 0.214 e. The number of nitrogens with zero attached hydrogens (tertiary/aromatic N) is 1. The van der Waals surface area contributed by atoms with Crippen molar-refractivity contribution in [1.29, 1.82) is 0 Å². The van der Waals surface area contributed by atoms with Gasteiger partial charge in [0.05, 0.1) is 10.7 Å². The second-order valence-electron chi connectivity index (χ2n) is 5.65. The van der Waals surface area contributed by atoms with Crippen LogP contribution in [-0.2, 0) is 10.0 Å². The summed E-state index contributed by atoms with van der Waals surface area (Å²) in [7, 11) is -3.28. The topological polar surface area (TPSA) is 63.4 Å². The number of hydrogen-bond acceptors (Lipinski definition) is 3. The molecule has 0 aromatic heterocycles. The zero-order valence-electron chi connectivity index (χ0n) is 12.2. The van der Waals surface area contributed by atoms with E-state index in [0.29, 0.717) is 18.0 Å². The highest BCUT2D eigenvalue weighted by molar-refractivity contribution is 7.89. The van der Waals surface area contributed by atoms with Crippen LogP contribution in [0, 0.1) is 0 Å². The third kappa shape index (κ3) is 4.76. The zero-order valence-corrected chi connectivity index (χ0v) is 13.9. The Hall–Kier alpha value is -0.980. The Morgan fingerprint density at radius 2 is 2.00 bits per heavy atom. The Morgan fingerprint density at radius 1 is 1.38 bits per heavy atom. The maximum absolute atomic E-state index is 12.7. The van der Waals surface area contributed by atoms with Crippen molar-refractivity contribution in [3.05, 3.63) is 35.9 Å². The van der Waals surface area contributed by atoms with E-state index >= 15 is 0 Å². The van der Waals surface area contributed by atoms with Crippen molar-refractivity contribution in [2.24, 2.45) is 5.73 Å². The molecule has 1 aromatic carbocycles. The van der Waals surface area contributed by atoms with Crippen LogP contribution in [0.15, 0.2) is 30.3 Å². The first-order chi connectivity index (χ1) is 9.90. The summed E-state index contributed by atoms with van der Waals surface area (Å²) in [6.07, 6.45) is 2.33. The van der Waals surface area contributed by atoms with Crippen molar-refractivity contribution in [2.75, 3.05) is 12.3 Å². The van der Waals surface area contributed by atoms with Crippen LogP contribution in [0.1, 0.15) is 37.7 Å². The van der Waals surface area contributed by atoms with E-state index in [0.717, 1.165) is 18.4 Å². The second-order valence-corrected chi connectivity index (χ2v) is 8.14. The van der Waals surface area contributed by atoms with Crippen LogP contribution in [-0.4, -0.2) is 36.1 Å². The number of sulfonamides is 1. The smallest absolute Gasteiger partial charge is 0.214 e. The van der Waals surface area contributed by atoms with E-state index in [2.05, 4.69) is 0 Å². The lowest BCUT2D eigenvalue weighted by Crippen LogP contribution is -2.38. The highest BCUT2D eigenvalue weighted by atomic mass is 32.2. The Balaban J connectivity index is 2.06.